The Kier molecular flexibility index (Phi) is 8.27. The first-order chi connectivity index (χ1) is 19.4. The molecule has 1 N–H and O–H groups in total. The fraction of sp³-hybridized carbons (Fsp3) is 0.517. The van der Waals surface area contributed by atoms with Crippen LogP contribution in [0.15, 0.2) is 24.4 Å². The van der Waals surface area contributed by atoms with E-state index in [-0.39, 0.29) is 42.6 Å². The third-order valence-corrected chi connectivity index (χ3v) is 7.83. The molecule has 4 heterocycles. The van der Waals surface area contributed by atoms with Crippen molar-refractivity contribution in [2.24, 2.45) is 0 Å². The van der Waals surface area contributed by atoms with Crippen LogP contribution < -0.4 is 14.8 Å². The fourth-order valence-corrected chi connectivity index (χ4v) is 5.61. The number of amides is 4. The topological polar surface area (TPSA) is 131 Å². The number of aromatic nitrogens is 2. The van der Waals surface area contributed by atoms with Gasteiger partial charge in [0.05, 0.1) is 13.2 Å². The van der Waals surface area contributed by atoms with Gasteiger partial charge in [-0.05, 0) is 62.3 Å². The summed E-state index contributed by atoms with van der Waals surface area (Å²) in [6, 6.07) is 4.46. The number of nitrogens with zero attached hydrogens (tertiary/aromatic N) is 4. The highest BCUT2D eigenvalue weighted by Gasteiger charge is 2.39. The lowest BCUT2D eigenvalue weighted by Crippen LogP contribution is -2.52. The van der Waals surface area contributed by atoms with E-state index >= 15 is 0 Å². The van der Waals surface area contributed by atoms with Gasteiger partial charge in [0.15, 0.2) is 0 Å². The third kappa shape index (κ3) is 5.64. The summed E-state index contributed by atoms with van der Waals surface area (Å²) in [6.07, 6.45) is 7.72. The molecule has 4 amide bonds. The molecular formula is C29H35N5O6. The van der Waals surface area contributed by atoms with Crippen molar-refractivity contribution in [1.82, 2.24) is 25.1 Å². The summed E-state index contributed by atoms with van der Waals surface area (Å²) in [5, 5.41) is 2.32. The number of likely N-dealkylation sites (tertiary alicyclic amines) is 1. The molecule has 0 spiro atoms. The van der Waals surface area contributed by atoms with Crippen LogP contribution in [-0.2, 0) is 22.6 Å². The Morgan fingerprint density at radius 1 is 1.18 bits per heavy atom. The number of methoxy groups -OCH3 is 1. The molecule has 2 fully saturated rings. The Labute approximate surface area is 233 Å². The first kappa shape index (κ1) is 27.5. The minimum Gasteiger partial charge on any atom is -0.491 e. The lowest BCUT2D eigenvalue weighted by Gasteiger charge is -2.35. The summed E-state index contributed by atoms with van der Waals surface area (Å²) in [7, 11) is 1.55. The number of imide groups is 1. The van der Waals surface area contributed by atoms with Crippen LogP contribution in [0.3, 0.4) is 0 Å². The van der Waals surface area contributed by atoms with Crippen LogP contribution in [0.2, 0.25) is 0 Å². The largest absolute Gasteiger partial charge is 0.491 e. The number of carbonyl (C=O) groups is 4. The number of aryl methyl sites for hydroxylation is 1. The maximum Gasteiger partial charge on any atom is 0.292 e. The number of carbonyl (C=O) groups excluding carboxylic acids is 4. The number of hydrogen-bond acceptors (Lipinski definition) is 8. The highest BCUT2D eigenvalue weighted by Crippen LogP contribution is 2.31. The van der Waals surface area contributed by atoms with Crippen molar-refractivity contribution in [3.8, 4) is 11.6 Å². The van der Waals surface area contributed by atoms with Crippen molar-refractivity contribution in [3.63, 3.8) is 0 Å². The number of hydrogen-bond donors (Lipinski definition) is 1. The van der Waals surface area contributed by atoms with Crippen molar-refractivity contribution >= 4 is 23.6 Å². The smallest absolute Gasteiger partial charge is 0.292 e. The highest BCUT2D eigenvalue weighted by molar-refractivity contribution is 6.05. The van der Waals surface area contributed by atoms with Gasteiger partial charge in [-0.1, -0.05) is 13.3 Å². The summed E-state index contributed by atoms with van der Waals surface area (Å²) < 4.78 is 11.6. The molecule has 11 heteroatoms. The van der Waals surface area contributed by atoms with Gasteiger partial charge in [0.25, 0.3) is 11.8 Å². The number of piperidine rings is 2. The van der Waals surface area contributed by atoms with Gasteiger partial charge in [-0.3, -0.25) is 24.5 Å². The van der Waals surface area contributed by atoms with E-state index in [1.807, 2.05) is 6.07 Å². The molecular weight excluding hydrogens is 514 g/mol. The Morgan fingerprint density at radius 3 is 2.80 bits per heavy atom. The molecule has 1 aromatic heterocycles. The summed E-state index contributed by atoms with van der Waals surface area (Å²) in [5.74, 6) is -0.0689. The zero-order valence-corrected chi connectivity index (χ0v) is 23.0. The number of rotatable bonds is 9. The normalized spacial score (nSPS) is 20.8. The molecule has 11 nitrogen and oxygen atoms in total. The zero-order valence-electron chi connectivity index (χ0n) is 23.0. The Balaban J connectivity index is 1.24. The molecule has 1 aromatic carbocycles. The van der Waals surface area contributed by atoms with E-state index in [1.54, 1.807) is 30.3 Å². The van der Waals surface area contributed by atoms with E-state index < -0.39 is 11.9 Å². The molecule has 5 rings (SSSR count). The highest BCUT2D eigenvalue weighted by atomic mass is 16.5. The van der Waals surface area contributed by atoms with Crippen LogP contribution in [0.4, 0.5) is 0 Å². The van der Waals surface area contributed by atoms with Gasteiger partial charge in [0.2, 0.25) is 23.5 Å². The number of ether oxygens (including phenoxy) is 2. The van der Waals surface area contributed by atoms with Crippen molar-refractivity contribution in [2.45, 2.75) is 76.9 Å². The summed E-state index contributed by atoms with van der Waals surface area (Å²) in [5.41, 5.74) is 2.19. The first-order valence-electron chi connectivity index (χ1n) is 14.0. The molecule has 2 atom stereocenters. The molecule has 40 heavy (non-hydrogen) atoms. The summed E-state index contributed by atoms with van der Waals surface area (Å²) >= 11 is 0. The Hall–Kier alpha value is -4.02. The molecule has 0 saturated carbocycles. The molecule has 0 bridgehead atoms. The van der Waals surface area contributed by atoms with E-state index in [0.717, 1.165) is 49.7 Å². The van der Waals surface area contributed by atoms with E-state index in [2.05, 4.69) is 22.2 Å². The maximum absolute atomic E-state index is 13.4. The average molecular weight is 550 g/mol. The zero-order chi connectivity index (χ0) is 28.2. The molecule has 212 valence electrons. The van der Waals surface area contributed by atoms with Gasteiger partial charge in [0, 0.05) is 36.8 Å². The van der Waals surface area contributed by atoms with Crippen LogP contribution >= 0.6 is 0 Å². The van der Waals surface area contributed by atoms with Crippen molar-refractivity contribution < 1.29 is 28.7 Å². The maximum atomic E-state index is 13.4. The van der Waals surface area contributed by atoms with Crippen molar-refractivity contribution in [2.75, 3.05) is 20.3 Å². The molecule has 0 radical (unpaired) electrons. The number of unbranched alkanes of at least 4 members (excludes halogenated alkanes) is 1. The second kappa shape index (κ2) is 12.0. The molecule has 1 unspecified atom stereocenters. The lowest BCUT2D eigenvalue weighted by molar-refractivity contribution is -0.136. The van der Waals surface area contributed by atoms with E-state index in [4.69, 9.17) is 9.47 Å². The van der Waals surface area contributed by atoms with Gasteiger partial charge in [0.1, 0.15) is 18.4 Å². The summed E-state index contributed by atoms with van der Waals surface area (Å²) in [4.78, 5) is 62.3. The van der Waals surface area contributed by atoms with E-state index in [1.165, 1.54) is 4.90 Å². The molecule has 2 saturated heterocycles. The summed E-state index contributed by atoms with van der Waals surface area (Å²) in [6.45, 7) is 3.28. The molecule has 2 aromatic rings. The van der Waals surface area contributed by atoms with Crippen LogP contribution in [-0.4, -0.2) is 75.7 Å². The van der Waals surface area contributed by atoms with E-state index in [9.17, 15) is 19.2 Å². The van der Waals surface area contributed by atoms with Crippen LogP contribution in [0, 0.1) is 0 Å². The second-order valence-electron chi connectivity index (χ2n) is 10.5. The van der Waals surface area contributed by atoms with Crippen molar-refractivity contribution in [1.29, 1.82) is 0 Å². The second-order valence-corrected chi connectivity index (χ2v) is 10.5. The van der Waals surface area contributed by atoms with E-state index in [0.29, 0.717) is 36.8 Å². The van der Waals surface area contributed by atoms with Crippen LogP contribution in [0.5, 0.6) is 11.6 Å². The lowest BCUT2D eigenvalue weighted by atomic mass is 10.0. The Bertz CT molecular complexity index is 1310. The van der Waals surface area contributed by atoms with Gasteiger partial charge in [-0.2, -0.15) is 4.98 Å². The fourth-order valence-electron chi connectivity index (χ4n) is 5.61. The molecule has 3 aliphatic rings. The van der Waals surface area contributed by atoms with Gasteiger partial charge in [-0.15, -0.1) is 0 Å². The molecule has 0 aliphatic carbocycles. The monoisotopic (exact) mass is 549 g/mol. The van der Waals surface area contributed by atoms with Gasteiger partial charge in [-0.25, -0.2) is 4.98 Å². The van der Waals surface area contributed by atoms with Gasteiger partial charge >= 0.3 is 0 Å². The minimum atomic E-state index is -0.662. The first-order valence-corrected chi connectivity index (χ1v) is 14.0. The number of fused-ring (bicyclic) bond motifs is 1. The Morgan fingerprint density at radius 2 is 2.02 bits per heavy atom. The SMILES string of the molecule is CCCCc1cnc(C(=O)N2CCCC[C@@H]2COc2ccc3c(c2)CN(C2CCC(=O)NC2=O)C3=O)nc1OC. The number of nitrogens with one attached hydrogen (secondary N) is 1. The predicted octanol–water partition coefficient (Wildman–Crippen LogP) is 2.66. The van der Waals surface area contributed by atoms with Crippen molar-refractivity contribution in [3.05, 3.63) is 46.9 Å². The van der Waals surface area contributed by atoms with Crippen LogP contribution in [0.1, 0.15) is 84.0 Å². The quantitative estimate of drug-likeness (QED) is 0.473. The average Bonchev–Trinajstić information content (AvgIpc) is 3.29. The standard InChI is InChI=1S/C29H35N5O6/c1-3-4-7-18-15-30-25(32-27(18)39-2)29(38)33-13-6-5-8-20(33)17-40-21-9-10-22-19(14-21)16-34(28(22)37)23-11-12-24(35)31-26(23)36/h9-10,14-15,20,23H,3-8,11-13,16-17H2,1-2H3,(H,31,35,36)/t20-,23?/m1/s1. The third-order valence-electron chi connectivity index (χ3n) is 7.83. The van der Waals surface area contributed by atoms with Gasteiger partial charge < -0.3 is 19.3 Å². The minimum absolute atomic E-state index is 0.119. The molecule has 3 aliphatic heterocycles. The van der Waals surface area contributed by atoms with Crippen LogP contribution in [0.25, 0.3) is 0 Å². The number of benzene rings is 1. The predicted molar refractivity (Wildman–Crippen MR) is 144 cm³/mol.